The number of rotatable bonds is 6. The minimum atomic E-state index is -0.378. The minimum Gasteiger partial charge on any atom is -0.385 e. The van der Waals surface area contributed by atoms with Crippen LogP contribution in [-0.2, 0) is 6.54 Å². The molecule has 17 heavy (non-hydrogen) atoms. The number of aryl methyl sites for hydroxylation is 1. The van der Waals surface area contributed by atoms with Gasteiger partial charge in [0, 0.05) is 18.9 Å². The van der Waals surface area contributed by atoms with Crippen LogP contribution in [-0.4, -0.2) is 14.7 Å². The zero-order valence-electron chi connectivity index (χ0n) is 10.8. The maximum atomic E-state index is 10.2. The van der Waals surface area contributed by atoms with E-state index in [2.05, 4.69) is 16.5 Å². The number of aliphatic hydroxyl groups excluding tert-OH is 1. The maximum absolute atomic E-state index is 10.2. The van der Waals surface area contributed by atoms with Gasteiger partial charge in [0.25, 0.3) is 0 Å². The maximum Gasteiger partial charge on any atom is 0.137 e. The van der Waals surface area contributed by atoms with E-state index in [4.69, 9.17) is 0 Å². The van der Waals surface area contributed by atoms with Gasteiger partial charge in [-0.15, -0.1) is 0 Å². The van der Waals surface area contributed by atoms with Crippen LogP contribution < -0.4 is 0 Å². The Balaban J connectivity index is 1.85. The first-order valence-corrected chi connectivity index (χ1v) is 7.00. The molecule has 1 saturated carbocycles. The highest BCUT2D eigenvalue weighted by Gasteiger charge is 2.19. The van der Waals surface area contributed by atoms with E-state index in [1.54, 1.807) is 6.20 Å². The van der Waals surface area contributed by atoms with Crippen LogP contribution in [0.1, 0.15) is 63.8 Å². The van der Waals surface area contributed by atoms with Crippen LogP contribution in [0.5, 0.6) is 0 Å². The van der Waals surface area contributed by atoms with Crippen molar-refractivity contribution in [2.45, 2.75) is 64.5 Å². The van der Waals surface area contributed by atoms with Gasteiger partial charge in [-0.3, -0.25) is 0 Å². The standard InChI is InChI=1S/C14H24N2O/c1-2-10-16-11-9-15-14(16)13(17)8-7-12-5-3-4-6-12/h9,11-13,17H,2-8,10H2,1H3. The zero-order valence-corrected chi connectivity index (χ0v) is 10.8. The predicted molar refractivity (Wildman–Crippen MR) is 68.7 cm³/mol. The topological polar surface area (TPSA) is 38.0 Å². The van der Waals surface area contributed by atoms with Crippen LogP contribution in [0.15, 0.2) is 12.4 Å². The van der Waals surface area contributed by atoms with Gasteiger partial charge in [-0.2, -0.15) is 0 Å². The molecule has 1 aromatic rings. The molecule has 0 aliphatic heterocycles. The lowest BCUT2D eigenvalue weighted by molar-refractivity contribution is 0.143. The van der Waals surface area contributed by atoms with Gasteiger partial charge in [0.2, 0.25) is 0 Å². The summed E-state index contributed by atoms with van der Waals surface area (Å²) >= 11 is 0. The summed E-state index contributed by atoms with van der Waals surface area (Å²) in [6.45, 7) is 3.10. The highest BCUT2D eigenvalue weighted by Crippen LogP contribution is 2.31. The van der Waals surface area contributed by atoms with Crippen LogP contribution in [0.25, 0.3) is 0 Å². The van der Waals surface area contributed by atoms with Gasteiger partial charge in [0.15, 0.2) is 0 Å². The summed E-state index contributed by atoms with van der Waals surface area (Å²) in [7, 11) is 0. The SMILES string of the molecule is CCCn1ccnc1C(O)CCC1CCCC1. The smallest absolute Gasteiger partial charge is 0.137 e. The van der Waals surface area contributed by atoms with Crippen LogP contribution in [0, 0.1) is 5.92 Å². The fraction of sp³-hybridized carbons (Fsp3) is 0.786. The average molecular weight is 236 g/mol. The summed E-state index contributed by atoms with van der Waals surface area (Å²) in [6.07, 6.45) is 12.0. The molecule has 2 rings (SSSR count). The van der Waals surface area contributed by atoms with Crippen LogP contribution in [0.3, 0.4) is 0 Å². The first kappa shape index (κ1) is 12.6. The second-order valence-corrected chi connectivity index (χ2v) is 5.22. The molecule has 1 aromatic heterocycles. The number of aromatic nitrogens is 2. The highest BCUT2D eigenvalue weighted by molar-refractivity contribution is 4.96. The van der Waals surface area contributed by atoms with Crippen molar-refractivity contribution < 1.29 is 5.11 Å². The molecule has 1 aliphatic carbocycles. The number of aliphatic hydroxyl groups is 1. The summed E-state index contributed by atoms with van der Waals surface area (Å²) in [5, 5.41) is 10.2. The van der Waals surface area contributed by atoms with Crippen molar-refractivity contribution in [2.24, 2.45) is 5.92 Å². The van der Waals surface area contributed by atoms with E-state index in [9.17, 15) is 5.11 Å². The zero-order chi connectivity index (χ0) is 12.1. The molecule has 1 unspecified atom stereocenters. The van der Waals surface area contributed by atoms with E-state index in [-0.39, 0.29) is 6.10 Å². The Kier molecular flexibility index (Phi) is 4.60. The van der Waals surface area contributed by atoms with Crippen molar-refractivity contribution in [3.8, 4) is 0 Å². The monoisotopic (exact) mass is 236 g/mol. The summed E-state index contributed by atoms with van der Waals surface area (Å²) in [6, 6.07) is 0. The summed E-state index contributed by atoms with van der Waals surface area (Å²) < 4.78 is 2.08. The summed E-state index contributed by atoms with van der Waals surface area (Å²) in [5.74, 6) is 1.70. The quantitative estimate of drug-likeness (QED) is 0.823. The number of imidazole rings is 1. The Morgan fingerprint density at radius 1 is 1.47 bits per heavy atom. The third kappa shape index (κ3) is 3.32. The van der Waals surface area contributed by atoms with Gasteiger partial charge < -0.3 is 9.67 Å². The van der Waals surface area contributed by atoms with Crippen molar-refractivity contribution in [1.29, 1.82) is 0 Å². The van der Waals surface area contributed by atoms with E-state index in [0.717, 1.165) is 37.5 Å². The van der Waals surface area contributed by atoms with Gasteiger partial charge in [-0.25, -0.2) is 4.98 Å². The average Bonchev–Trinajstić information content (AvgIpc) is 2.97. The van der Waals surface area contributed by atoms with Crippen molar-refractivity contribution >= 4 is 0 Å². The number of hydrogen-bond donors (Lipinski definition) is 1. The number of nitrogens with zero attached hydrogens (tertiary/aromatic N) is 2. The van der Waals surface area contributed by atoms with E-state index >= 15 is 0 Å². The van der Waals surface area contributed by atoms with E-state index in [0.29, 0.717) is 0 Å². The molecule has 0 spiro atoms. The molecule has 0 saturated heterocycles. The summed E-state index contributed by atoms with van der Waals surface area (Å²) in [5.41, 5.74) is 0. The van der Waals surface area contributed by atoms with E-state index < -0.39 is 0 Å². The third-order valence-electron chi connectivity index (χ3n) is 3.83. The molecule has 3 heteroatoms. The van der Waals surface area contributed by atoms with E-state index in [1.165, 1.54) is 25.7 Å². The predicted octanol–water partition coefficient (Wildman–Crippen LogP) is 3.30. The number of hydrogen-bond acceptors (Lipinski definition) is 2. The molecule has 96 valence electrons. The Hall–Kier alpha value is -0.830. The first-order chi connectivity index (χ1) is 8.31. The molecule has 1 aliphatic rings. The van der Waals surface area contributed by atoms with Crippen LogP contribution in [0.2, 0.25) is 0 Å². The molecular weight excluding hydrogens is 212 g/mol. The van der Waals surface area contributed by atoms with Crippen molar-refractivity contribution in [2.75, 3.05) is 0 Å². The molecule has 1 heterocycles. The molecule has 3 nitrogen and oxygen atoms in total. The third-order valence-corrected chi connectivity index (χ3v) is 3.83. The van der Waals surface area contributed by atoms with Crippen LogP contribution >= 0.6 is 0 Å². The molecule has 0 radical (unpaired) electrons. The molecule has 0 aromatic carbocycles. The lowest BCUT2D eigenvalue weighted by Gasteiger charge is -2.15. The lowest BCUT2D eigenvalue weighted by Crippen LogP contribution is -2.09. The normalized spacial score (nSPS) is 18.7. The summed E-state index contributed by atoms with van der Waals surface area (Å²) in [4.78, 5) is 4.29. The van der Waals surface area contributed by atoms with Crippen LogP contribution in [0.4, 0.5) is 0 Å². The fourth-order valence-corrected chi connectivity index (χ4v) is 2.87. The Labute approximate surface area is 104 Å². The Morgan fingerprint density at radius 3 is 2.94 bits per heavy atom. The first-order valence-electron chi connectivity index (χ1n) is 7.00. The highest BCUT2D eigenvalue weighted by atomic mass is 16.3. The van der Waals surface area contributed by atoms with Gasteiger partial charge in [-0.1, -0.05) is 32.6 Å². The molecule has 1 atom stereocenters. The second-order valence-electron chi connectivity index (χ2n) is 5.22. The molecule has 0 bridgehead atoms. The minimum absolute atomic E-state index is 0.378. The van der Waals surface area contributed by atoms with Gasteiger partial charge in [-0.05, 0) is 25.2 Å². The fourth-order valence-electron chi connectivity index (χ4n) is 2.87. The van der Waals surface area contributed by atoms with E-state index in [1.807, 2.05) is 6.20 Å². The lowest BCUT2D eigenvalue weighted by atomic mass is 9.99. The Bertz CT molecular complexity index is 329. The van der Waals surface area contributed by atoms with Crippen molar-refractivity contribution in [1.82, 2.24) is 9.55 Å². The van der Waals surface area contributed by atoms with Crippen molar-refractivity contribution in [3.63, 3.8) is 0 Å². The largest absolute Gasteiger partial charge is 0.385 e. The Morgan fingerprint density at radius 2 is 2.24 bits per heavy atom. The van der Waals surface area contributed by atoms with Gasteiger partial charge >= 0.3 is 0 Å². The molecule has 0 amide bonds. The van der Waals surface area contributed by atoms with Crippen molar-refractivity contribution in [3.05, 3.63) is 18.2 Å². The second kappa shape index (κ2) is 6.20. The van der Waals surface area contributed by atoms with Gasteiger partial charge in [0.05, 0.1) is 0 Å². The molecular formula is C14H24N2O. The van der Waals surface area contributed by atoms with Gasteiger partial charge in [0.1, 0.15) is 11.9 Å². The molecule has 1 N–H and O–H groups in total. The molecule has 1 fully saturated rings.